The van der Waals surface area contributed by atoms with Crippen LogP contribution in [0.1, 0.15) is 66.5 Å². The fraction of sp³-hybridized carbons (Fsp3) is 0. The number of nitrogens with one attached hydrogen (secondary N) is 6. The van der Waals surface area contributed by atoms with Crippen LogP contribution >= 0.6 is 15.9 Å². The molecule has 8 aromatic carbocycles. The summed E-state index contributed by atoms with van der Waals surface area (Å²) in [6, 6.07) is 97.4. The molecule has 516 valence electrons. The van der Waals surface area contributed by atoms with Crippen molar-refractivity contribution in [1.82, 2.24) is 44.9 Å². The van der Waals surface area contributed by atoms with Crippen molar-refractivity contribution in [3.05, 3.63) is 353 Å². The summed E-state index contributed by atoms with van der Waals surface area (Å²) < 4.78 is 0.485. The van der Waals surface area contributed by atoms with Crippen LogP contribution < -0.4 is 10.6 Å². The molecular formula is C95H62BrN11O2. The first-order valence-electron chi connectivity index (χ1n) is 35.9. The summed E-state index contributed by atoms with van der Waals surface area (Å²) in [5.74, 6) is -1.05. The first-order chi connectivity index (χ1) is 53.7. The Morgan fingerprint density at radius 3 is 0.651 bits per heavy atom. The van der Waals surface area contributed by atoms with Crippen LogP contribution in [0.5, 0.6) is 0 Å². The van der Waals surface area contributed by atoms with Crippen molar-refractivity contribution in [2.24, 2.45) is 0 Å². The first kappa shape index (κ1) is 65.3. The molecule has 0 saturated heterocycles. The first-order valence-corrected chi connectivity index (χ1v) is 36.7. The van der Waals surface area contributed by atoms with Crippen LogP contribution in [0.2, 0.25) is 0 Å². The minimum absolute atomic E-state index is 0.0182. The minimum Gasteiger partial charge on any atom is -0.354 e. The van der Waals surface area contributed by atoms with Gasteiger partial charge < -0.3 is 30.6 Å². The molecule has 0 fully saturated rings. The van der Waals surface area contributed by atoms with Gasteiger partial charge in [-0.1, -0.05) is 222 Å². The van der Waals surface area contributed by atoms with E-state index in [-0.39, 0.29) is 11.4 Å². The molecule has 4 aliphatic rings. The lowest BCUT2D eigenvalue weighted by Crippen LogP contribution is -2.19. The number of carbonyl (C=O) groups is 2. The van der Waals surface area contributed by atoms with E-state index in [1.54, 1.807) is 12.1 Å². The quantitative estimate of drug-likeness (QED) is 0.0703. The lowest BCUT2D eigenvalue weighted by molar-refractivity contribution is 0.101. The molecule has 14 heteroatoms. The highest BCUT2D eigenvalue weighted by molar-refractivity contribution is 9.10. The largest absolute Gasteiger partial charge is 0.354 e. The molecule has 7 aromatic heterocycles. The van der Waals surface area contributed by atoms with Crippen molar-refractivity contribution >= 4 is 132 Å². The molecule has 0 atom stereocenters. The summed E-state index contributed by atoms with van der Waals surface area (Å²) >= 11 is 3.63. The average Bonchev–Trinajstić information content (AvgIpc) is 1.62. The van der Waals surface area contributed by atoms with E-state index in [1.165, 1.54) is 0 Å². The van der Waals surface area contributed by atoms with E-state index in [9.17, 15) is 9.59 Å². The molecule has 6 N–H and O–H groups in total. The van der Waals surface area contributed by atoms with E-state index >= 15 is 0 Å². The van der Waals surface area contributed by atoms with E-state index in [2.05, 4.69) is 241 Å². The number of hydrogen-bond donors (Lipinski definition) is 6. The maximum Gasteiger partial charge on any atom is 0.274 e. The van der Waals surface area contributed by atoms with Crippen molar-refractivity contribution in [2.75, 3.05) is 10.6 Å². The van der Waals surface area contributed by atoms with Crippen LogP contribution in [-0.2, 0) is 0 Å². The van der Waals surface area contributed by atoms with Crippen molar-refractivity contribution < 1.29 is 9.59 Å². The molecule has 0 radical (unpaired) electrons. The number of anilines is 2. The Kier molecular flexibility index (Phi) is 16.7. The van der Waals surface area contributed by atoms with Gasteiger partial charge >= 0.3 is 0 Å². The zero-order valence-corrected chi connectivity index (χ0v) is 59.8. The summed E-state index contributed by atoms with van der Waals surface area (Å²) in [5.41, 5.74) is 28.9. The number of hydrogen-bond acceptors (Lipinski definition) is 7. The molecule has 19 rings (SSSR count). The fourth-order valence-corrected chi connectivity index (χ4v) is 15.5. The third kappa shape index (κ3) is 12.6. The van der Waals surface area contributed by atoms with Crippen LogP contribution in [-0.4, -0.2) is 56.7 Å². The fourth-order valence-electron chi connectivity index (χ4n) is 15.1. The van der Waals surface area contributed by atoms with Gasteiger partial charge in [-0.2, -0.15) is 0 Å². The molecule has 0 spiro atoms. The molecule has 0 aliphatic carbocycles. The lowest BCUT2D eigenvalue weighted by Gasteiger charge is -2.11. The molecule has 4 aliphatic heterocycles. The Hall–Kier alpha value is -14.5. The van der Waals surface area contributed by atoms with Gasteiger partial charge in [0.1, 0.15) is 11.4 Å². The van der Waals surface area contributed by atoms with E-state index < -0.39 is 11.8 Å². The zero-order chi connectivity index (χ0) is 72.9. The summed E-state index contributed by atoms with van der Waals surface area (Å²) in [4.78, 5) is 71.5. The van der Waals surface area contributed by atoms with Crippen molar-refractivity contribution in [1.29, 1.82) is 0 Å². The second-order valence-corrected chi connectivity index (χ2v) is 27.7. The summed E-state index contributed by atoms with van der Waals surface area (Å²) in [6.07, 6.45) is 16.6. The third-order valence-electron chi connectivity index (χ3n) is 20.0. The Morgan fingerprint density at radius 2 is 0.431 bits per heavy atom. The SMILES string of the molecule is O=C(Nc1cccc(-c2c3nc(c(-c4ccccc4)c4ccc([nH]4)c(-c4ccccc4)c4nc(c(-c5ccccc5)c5ccc2[nH]5)C=C4)C=C3)c1)c1cc(Br)cc(C(=O)Nc2cccc(-c3c4nc(c(-c5ccccc5)c5ccc([nH]5)c(-c5ccccc5)c5nc(c(-c6ccccc6)c6ccc3[nH]6)C=C5)C=C4)c2)n1. The Balaban J connectivity index is 0.687. The molecule has 109 heavy (non-hydrogen) atoms. The van der Waals surface area contributed by atoms with E-state index in [1.807, 2.05) is 133 Å². The Morgan fingerprint density at radius 1 is 0.229 bits per heavy atom. The van der Waals surface area contributed by atoms with E-state index in [4.69, 9.17) is 24.9 Å². The van der Waals surface area contributed by atoms with Crippen molar-refractivity contribution in [3.63, 3.8) is 0 Å². The highest BCUT2D eigenvalue weighted by Gasteiger charge is 2.24. The van der Waals surface area contributed by atoms with Crippen LogP contribution in [0.25, 0.3) is 182 Å². The molecule has 15 aromatic rings. The van der Waals surface area contributed by atoms with Crippen molar-refractivity contribution in [2.45, 2.75) is 0 Å². The van der Waals surface area contributed by atoms with Gasteiger partial charge in [0.05, 0.1) is 45.6 Å². The summed E-state index contributed by atoms with van der Waals surface area (Å²) in [7, 11) is 0. The van der Waals surface area contributed by atoms with Crippen LogP contribution in [0.15, 0.2) is 296 Å². The Labute approximate surface area is 634 Å². The highest BCUT2D eigenvalue weighted by Crippen LogP contribution is 2.43. The average molecular weight is 1470 g/mol. The molecule has 16 bridgehead atoms. The number of pyridine rings is 1. The van der Waals surface area contributed by atoms with Crippen molar-refractivity contribution in [3.8, 4) is 89.0 Å². The second-order valence-electron chi connectivity index (χ2n) is 26.8. The number of aromatic amines is 4. The number of H-pyrrole nitrogens is 4. The smallest absolute Gasteiger partial charge is 0.274 e. The normalized spacial score (nSPS) is 12.0. The predicted molar refractivity (Wildman–Crippen MR) is 449 cm³/mol. The minimum atomic E-state index is -0.526. The number of benzene rings is 8. The molecule has 11 heterocycles. The molecule has 0 unspecified atom stereocenters. The van der Waals surface area contributed by atoms with Crippen LogP contribution in [0.3, 0.4) is 0 Å². The van der Waals surface area contributed by atoms with Gasteiger partial charge in [0.25, 0.3) is 11.8 Å². The maximum atomic E-state index is 14.8. The van der Waals surface area contributed by atoms with E-state index in [0.29, 0.717) is 27.2 Å². The van der Waals surface area contributed by atoms with Crippen LogP contribution in [0, 0.1) is 0 Å². The van der Waals surface area contributed by atoms with E-state index in [0.717, 1.165) is 167 Å². The number of fused-ring (bicyclic) bond motifs is 16. The van der Waals surface area contributed by atoms with Gasteiger partial charge in [0.15, 0.2) is 0 Å². The zero-order valence-electron chi connectivity index (χ0n) is 58.3. The monoisotopic (exact) mass is 1470 g/mol. The number of nitrogens with zero attached hydrogens (tertiary/aromatic N) is 5. The van der Waals surface area contributed by atoms with Gasteiger partial charge in [-0.3, -0.25) is 9.59 Å². The number of carbonyl (C=O) groups excluding carboxylic acids is 2. The number of amides is 2. The number of rotatable bonds is 12. The van der Waals surface area contributed by atoms with Gasteiger partial charge in [0, 0.05) is 104 Å². The van der Waals surface area contributed by atoms with Crippen LogP contribution in [0.4, 0.5) is 11.4 Å². The highest BCUT2D eigenvalue weighted by atomic mass is 79.9. The summed E-state index contributed by atoms with van der Waals surface area (Å²) in [6.45, 7) is 0. The standard InChI is InChI=1S/C95H62BrN11O2/c96-65-55-84(94(108)97-66-35-19-33-63(53-66)92-80-49-45-76(103-80)88(59-25-11-3-12-26-59)72-41-37-68(99-72)86(57-21-7-1-8-22-57)69-38-42-73(100-69)89(60-27-13-4-14-28-60)77-46-50-81(92)104-77)107-85(56-65)95(109)98-67-36-20-34-64(54-67)93-82-51-47-78(105-82)90(61-29-15-5-16-30-61)74-43-39-70(101-74)87(58-23-9-2-10-24-58)71-40-44-75(102-71)91(62-31-17-6-18-32-62)79-48-52-83(93)106-79/h1-56,99,101,104,106H,(H,97,108)(H,98,109). The topological polar surface area (TPSA) is 186 Å². The number of halogens is 1. The maximum absolute atomic E-state index is 14.8. The van der Waals surface area contributed by atoms with Gasteiger partial charge in [-0.25, -0.2) is 24.9 Å². The van der Waals surface area contributed by atoms with Gasteiger partial charge in [-0.15, -0.1) is 0 Å². The molecule has 2 amide bonds. The number of aromatic nitrogens is 9. The molecular weight excluding hydrogens is 1410 g/mol. The third-order valence-corrected chi connectivity index (χ3v) is 20.4. The lowest BCUT2D eigenvalue weighted by atomic mass is 10.0. The second kappa shape index (κ2) is 27.9. The molecule has 0 saturated carbocycles. The van der Waals surface area contributed by atoms with Gasteiger partial charge in [0.2, 0.25) is 0 Å². The Bertz CT molecular complexity index is 6220. The van der Waals surface area contributed by atoms with Gasteiger partial charge in [-0.05, 0) is 178 Å². The predicted octanol–water partition coefficient (Wildman–Crippen LogP) is 23.6. The summed E-state index contributed by atoms with van der Waals surface area (Å²) in [5, 5.41) is 6.25. The molecule has 13 nitrogen and oxygen atoms in total.